The molecule has 0 atom stereocenters. The largest absolute Gasteiger partial charge is 0.300 e. The predicted octanol–water partition coefficient (Wildman–Crippen LogP) is 6.36. The predicted molar refractivity (Wildman–Crippen MR) is 141 cm³/mol. The Morgan fingerprint density at radius 3 is 2.57 bits per heavy atom. The zero-order valence-electron chi connectivity index (χ0n) is 20.9. The van der Waals surface area contributed by atoms with Gasteiger partial charge in [-0.1, -0.05) is 18.7 Å². The maximum absolute atomic E-state index is 13.7. The third kappa shape index (κ3) is 4.63. The molecule has 3 aromatic heterocycles. The first-order valence-corrected chi connectivity index (χ1v) is 12.9. The zero-order chi connectivity index (χ0) is 26.2. The van der Waals surface area contributed by atoms with Crippen LogP contribution >= 0.6 is 11.8 Å². The molecule has 9 heteroatoms. The highest BCUT2D eigenvalue weighted by atomic mass is 32.2. The van der Waals surface area contributed by atoms with Gasteiger partial charge in [-0.15, -0.1) is 0 Å². The number of nitriles is 2. The van der Waals surface area contributed by atoms with Gasteiger partial charge in [-0.3, -0.25) is 4.68 Å². The number of halogens is 1. The van der Waals surface area contributed by atoms with E-state index < -0.39 is 5.82 Å². The molecule has 1 fully saturated rings. The lowest BCUT2D eigenvalue weighted by atomic mass is 9.75. The van der Waals surface area contributed by atoms with E-state index in [2.05, 4.69) is 47.0 Å². The smallest absolute Gasteiger partial charge is 0.124 e. The topological polar surface area (TPSA) is 95.1 Å². The standard InChI is InChI=1S/C28H26FN7S/c1-18-24(15-34-36(18)23-6-8-28(2,9-7-23)17-32-3)20-11-26(27-21(13-31)14-33-35(27)16-20)37-25-5-4-22(29)10-19(25)12-30/h4-5,10-11,14-17,23H,6-9H2,1-3H3. The van der Waals surface area contributed by atoms with Gasteiger partial charge in [0.15, 0.2) is 0 Å². The van der Waals surface area contributed by atoms with E-state index in [0.29, 0.717) is 22.0 Å². The molecule has 0 spiro atoms. The molecule has 1 aromatic carbocycles. The van der Waals surface area contributed by atoms with Crippen LogP contribution in [-0.4, -0.2) is 32.7 Å². The maximum atomic E-state index is 13.7. The Kier molecular flexibility index (Phi) is 6.57. The van der Waals surface area contributed by atoms with Gasteiger partial charge in [0.2, 0.25) is 0 Å². The first kappa shape index (κ1) is 24.7. The SMILES string of the molecule is CN=CC1(C)CCC(n2ncc(-c3cc(Sc4ccc(F)cc4C#N)c4c(C#N)cnn4c3)c2C)CC1. The highest BCUT2D eigenvalue weighted by Gasteiger charge is 2.31. The van der Waals surface area contributed by atoms with Crippen LogP contribution in [0.1, 0.15) is 55.5 Å². The molecule has 0 bridgehead atoms. The summed E-state index contributed by atoms with van der Waals surface area (Å²) in [6, 6.07) is 10.7. The normalized spacial score (nSPS) is 19.8. The van der Waals surface area contributed by atoms with E-state index in [-0.39, 0.29) is 11.0 Å². The van der Waals surface area contributed by atoms with Crippen molar-refractivity contribution in [2.75, 3.05) is 7.05 Å². The molecule has 7 nitrogen and oxygen atoms in total. The molecule has 1 saturated carbocycles. The van der Waals surface area contributed by atoms with Crippen molar-refractivity contribution in [1.29, 1.82) is 10.5 Å². The Labute approximate surface area is 219 Å². The number of nitrogens with zero attached hydrogens (tertiary/aromatic N) is 7. The molecular formula is C28H26FN7S. The lowest BCUT2D eigenvalue weighted by Gasteiger charge is -2.35. The second-order valence-corrected chi connectivity index (χ2v) is 10.9. The van der Waals surface area contributed by atoms with Crippen LogP contribution in [0.5, 0.6) is 0 Å². The average Bonchev–Trinajstić information content (AvgIpc) is 3.49. The third-order valence-electron chi connectivity index (χ3n) is 7.22. The van der Waals surface area contributed by atoms with E-state index >= 15 is 0 Å². The molecular weight excluding hydrogens is 485 g/mol. The number of hydrogen-bond acceptors (Lipinski definition) is 6. The molecule has 0 aliphatic heterocycles. The first-order chi connectivity index (χ1) is 17.9. The maximum Gasteiger partial charge on any atom is 0.124 e. The third-order valence-corrected chi connectivity index (χ3v) is 8.33. The number of fused-ring (bicyclic) bond motifs is 1. The van der Waals surface area contributed by atoms with Crippen LogP contribution in [0.2, 0.25) is 0 Å². The molecule has 4 aromatic rings. The van der Waals surface area contributed by atoms with E-state index in [1.807, 2.05) is 25.5 Å². The Morgan fingerprint density at radius 1 is 1.11 bits per heavy atom. The summed E-state index contributed by atoms with van der Waals surface area (Å²) in [6.45, 7) is 4.35. The van der Waals surface area contributed by atoms with Gasteiger partial charge in [0.1, 0.15) is 18.0 Å². The van der Waals surface area contributed by atoms with Gasteiger partial charge >= 0.3 is 0 Å². The van der Waals surface area contributed by atoms with E-state index in [0.717, 1.165) is 47.4 Å². The summed E-state index contributed by atoms with van der Waals surface area (Å²) in [7, 11) is 1.83. The molecule has 186 valence electrons. The van der Waals surface area contributed by atoms with Gasteiger partial charge in [0.05, 0.1) is 35.1 Å². The minimum Gasteiger partial charge on any atom is -0.300 e. The quantitative estimate of drug-likeness (QED) is 0.291. The van der Waals surface area contributed by atoms with Crippen molar-refractivity contribution >= 4 is 23.5 Å². The number of pyridine rings is 1. The van der Waals surface area contributed by atoms with Gasteiger partial charge < -0.3 is 4.99 Å². The summed E-state index contributed by atoms with van der Waals surface area (Å²) in [4.78, 5) is 5.63. The van der Waals surface area contributed by atoms with Gasteiger partial charge in [-0.25, -0.2) is 8.91 Å². The lowest BCUT2D eigenvalue weighted by Crippen LogP contribution is -2.28. The van der Waals surface area contributed by atoms with Crippen molar-refractivity contribution in [2.24, 2.45) is 10.4 Å². The van der Waals surface area contributed by atoms with Crippen molar-refractivity contribution in [2.45, 2.75) is 55.4 Å². The lowest BCUT2D eigenvalue weighted by molar-refractivity contribution is 0.233. The van der Waals surface area contributed by atoms with Gasteiger partial charge in [-0.2, -0.15) is 20.7 Å². The molecule has 0 unspecified atom stereocenters. The van der Waals surface area contributed by atoms with Gasteiger partial charge in [0.25, 0.3) is 0 Å². The Balaban J connectivity index is 1.53. The van der Waals surface area contributed by atoms with Crippen molar-refractivity contribution < 1.29 is 4.39 Å². The highest BCUT2D eigenvalue weighted by Crippen LogP contribution is 2.41. The van der Waals surface area contributed by atoms with Crippen LogP contribution in [0.4, 0.5) is 4.39 Å². The molecule has 0 amide bonds. The fourth-order valence-corrected chi connectivity index (χ4v) is 6.28. The molecule has 1 aliphatic rings. The van der Waals surface area contributed by atoms with Crippen molar-refractivity contribution in [3.63, 3.8) is 0 Å². The van der Waals surface area contributed by atoms with Crippen LogP contribution < -0.4 is 0 Å². The van der Waals surface area contributed by atoms with Crippen LogP contribution in [0.15, 0.2) is 57.6 Å². The molecule has 3 heterocycles. The van der Waals surface area contributed by atoms with E-state index in [1.165, 1.54) is 30.1 Å². The molecule has 37 heavy (non-hydrogen) atoms. The van der Waals surface area contributed by atoms with E-state index in [9.17, 15) is 14.9 Å². The Hall–Kier alpha value is -3.95. The fraction of sp³-hybridized carbons (Fsp3) is 0.321. The molecule has 0 N–H and O–H groups in total. The summed E-state index contributed by atoms with van der Waals surface area (Å²) < 4.78 is 17.6. The van der Waals surface area contributed by atoms with Gasteiger partial charge in [0, 0.05) is 51.5 Å². The number of benzene rings is 1. The summed E-state index contributed by atoms with van der Waals surface area (Å²) in [5.41, 5.74) is 4.44. The number of hydrogen-bond donors (Lipinski definition) is 0. The Bertz CT molecular complexity index is 1590. The summed E-state index contributed by atoms with van der Waals surface area (Å²) in [6.07, 6.45) is 11.6. The molecule has 1 aliphatic carbocycles. The van der Waals surface area contributed by atoms with Crippen LogP contribution in [0.3, 0.4) is 0 Å². The highest BCUT2D eigenvalue weighted by molar-refractivity contribution is 7.99. The molecule has 0 saturated heterocycles. The van der Waals surface area contributed by atoms with Crippen molar-refractivity contribution in [3.05, 3.63) is 65.5 Å². The second-order valence-electron chi connectivity index (χ2n) is 9.77. The average molecular weight is 512 g/mol. The molecule has 5 rings (SSSR count). The van der Waals surface area contributed by atoms with Crippen molar-refractivity contribution in [3.8, 4) is 23.3 Å². The van der Waals surface area contributed by atoms with Crippen LogP contribution in [-0.2, 0) is 0 Å². The van der Waals surface area contributed by atoms with E-state index in [4.69, 9.17) is 5.10 Å². The Morgan fingerprint density at radius 2 is 1.86 bits per heavy atom. The summed E-state index contributed by atoms with van der Waals surface area (Å²) in [5.74, 6) is -0.463. The number of rotatable bonds is 5. The van der Waals surface area contributed by atoms with Crippen molar-refractivity contribution in [1.82, 2.24) is 19.4 Å². The summed E-state index contributed by atoms with van der Waals surface area (Å²) in [5, 5.41) is 28.4. The van der Waals surface area contributed by atoms with E-state index in [1.54, 1.807) is 10.6 Å². The monoisotopic (exact) mass is 511 g/mol. The molecule has 0 radical (unpaired) electrons. The van der Waals surface area contributed by atoms with Crippen LogP contribution in [0, 0.1) is 40.8 Å². The number of aliphatic imine (C=N–C) groups is 1. The van der Waals surface area contributed by atoms with Crippen LogP contribution in [0.25, 0.3) is 16.6 Å². The first-order valence-electron chi connectivity index (χ1n) is 12.1. The fourth-order valence-electron chi connectivity index (χ4n) is 5.21. The number of aromatic nitrogens is 4. The summed E-state index contributed by atoms with van der Waals surface area (Å²) >= 11 is 1.32. The van der Waals surface area contributed by atoms with Gasteiger partial charge in [-0.05, 0) is 56.9 Å². The minimum absolute atomic E-state index is 0.146. The second kappa shape index (κ2) is 9.84. The zero-order valence-corrected chi connectivity index (χ0v) is 21.8. The minimum atomic E-state index is -0.463.